The van der Waals surface area contributed by atoms with E-state index >= 15 is 0 Å². The van der Waals surface area contributed by atoms with E-state index in [-0.39, 0.29) is 5.91 Å². The number of likely N-dealkylation sites (N-methyl/N-ethyl adjacent to an activating group) is 1. The number of hydrogen-bond donors (Lipinski definition) is 2. The van der Waals surface area contributed by atoms with E-state index in [9.17, 15) is 4.79 Å². The summed E-state index contributed by atoms with van der Waals surface area (Å²) in [5.74, 6) is 0.960. The zero-order valence-electron chi connectivity index (χ0n) is 8.79. The Hall–Kier alpha value is -1.36. The maximum atomic E-state index is 11.2. The minimum absolute atomic E-state index is 0.0706. The van der Waals surface area contributed by atoms with Crippen LogP contribution in [-0.4, -0.2) is 41.4 Å². The molecule has 0 fully saturated rings. The average Bonchev–Trinajstić information content (AvgIpc) is 2.51. The predicted molar refractivity (Wildman–Crippen MR) is 53.7 cm³/mol. The van der Waals surface area contributed by atoms with Gasteiger partial charge in [0.15, 0.2) is 0 Å². The Labute approximate surface area is 83.5 Å². The van der Waals surface area contributed by atoms with Gasteiger partial charge in [-0.1, -0.05) is 0 Å². The van der Waals surface area contributed by atoms with E-state index in [1.807, 2.05) is 6.92 Å². The average molecular weight is 196 g/mol. The van der Waals surface area contributed by atoms with Crippen molar-refractivity contribution in [1.29, 1.82) is 0 Å². The summed E-state index contributed by atoms with van der Waals surface area (Å²) in [6, 6.07) is 0. The second kappa shape index (κ2) is 4.76. The number of carbonyl (C=O) groups is 1. The molecule has 78 valence electrons. The summed E-state index contributed by atoms with van der Waals surface area (Å²) in [6.07, 6.45) is 1.77. The fraction of sp³-hybridized carbons (Fsp3) is 0.556. The number of aromatic nitrogens is 2. The molecule has 2 N–H and O–H groups in total. The molecule has 0 radical (unpaired) electrons. The highest BCUT2D eigenvalue weighted by molar-refractivity contribution is 5.77. The molecule has 0 unspecified atom stereocenters. The number of hydrogen-bond acceptors (Lipinski definition) is 3. The monoisotopic (exact) mass is 196 g/mol. The van der Waals surface area contributed by atoms with E-state index in [2.05, 4.69) is 15.3 Å². The molecule has 1 rings (SSSR count). The van der Waals surface area contributed by atoms with Gasteiger partial charge in [0.2, 0.25) is 5.91 Å². The van der Waals surface area contributed by atoms with Gasteiger partial charge in [0, 0.05) is 32.5 Å². The number of H-pyrrole nitrogens is 1. The van der Waals surface area contributed by atoms with Gasteiger partial charge in [-0.25, -0.2) is 4.98 Å². The van der Waals surface area contributed by atoms with Gasteiger partial charge in [-0.2, -0.15) is 0 Å². The summed E-state index contributed by atoms with van der Waals surface area (Å²) >= 11 is 0. The molecule has 5 nitrogen and oxygen atoms in total. The van der Waals surface area contributed by atoms with Crippen molar-refractivity contribution in [3.8, 4) is 0 Å². The van der Waals surface area contributed by atoms with Crippen molar-refractivity contribution in [1.82, 2.24) is 20.2 Å². The highest BCUT2D eigenvalue weighted by Gasteiger charge is 2.02. The van der Waals surface area contributed by atoms with Gasteiger partial charge in [0.25, 0.3) is 0 Å². The van der Waals surface area contributed by atoms with Gasteiger partial charge in [0.1, 0.15) is 5.82 Å². The van der Waals surface area contributed by atoms with Crippen LogP contribution >= 0.6 is 0 Å². The van der Waals surface area contributed by atoms with Crippen LogP contribution in [0.4, 0.5) is 0 Å². The SMILES string of the molecule is Cc1ncc(CNCC(=O)N(C)C)[nH]1. The summed E-state index contributed by atoms with van der Waals surface area (Å²) < 4.78 is 0. The second-order valence-electron chi connectivity index (χ2n) is 3.39. The first-order chi connectivity index (χ1) is 6.59. The summed E-state index contributed by atoms with van der Waals surface area (Å²) in [5, 5.41) is 3.03. The Balaban J connectivity index is 2.25. The third-order valence-corrected chi connectivity index (χ3v) is 1.85. The lowest BCUT2D eigenvalue weighted by molar-refractivity contribution is -0.127. The van der Waals surface area contributed by atoms with E-state index in [1.54, 1.807) is 25.2 Å². The summed E-state index contributed by atoms with van der Waals surface area (Å²) in [6.45, 7) is 2.89. The second-order valence-corrected chi connectivity index (χ2v) is 3.39. The molecule has 1 aromatic heterocycles. The number of aromatic amines is 1. The van der Waals surface area contributed by atoms with E-state index in [1.165, 1.54) is 0 Å². The van der Waals surface area contributed by atoms with Crippen LogP contribution in [-0.2, 0) is 11.3 Å². The number of nitrogens with one attached hydrogen (secondary N) is 2. The molecular formula is C9H16N4O. The Kier molecular flexibility index (Phi) is 3.64. The fourth-order valence-electron chi connectivity index (χ4n) is 1.02. The Morgan fingerprint density at radius 3 is 2.86 bits per heavy atom. The van der Waals surface area contributed by atoms with Crippen LogP contribution in [0.5, 0.6) is 0 Å². The quantitative estimate of drug-likeness (QED) is 0.706. The van der Waals surface area contributed by atoms with Crippen LogP contribution in [0.3, 0.4) is 0 Å². The van der Waals surface area contributed by atoms with E-state index in [0.717, 1.165) is 11.5 Å². The normalized spacial score (nSPS) is 10.2. The molecule has 0 aliphatic rings. The van der Waals surface area contributed by atoms with Crippen molar-refractivity contribution in [3.63, 3.8) is 0 Å². The summed E-state index contributed by atoms with van der Waals surface area (Å²) in [7, 11) is 3.48. The minimum atomic E-state index is 0.0706. The molecule has 1 amide bonds. The first-order valence-corrected chi connectivity index (χ1v) is 4.51. The van der Waals surface area contributed by atoms with Gasteiger partial charge in [-0.05, 0) is 6.92 Å². The number of amides is 1. The van der Waals surface area contributed by atoms with Gasteiger partial charge in [-0.3, -0.25) is 4.79 Å². The first-order valence-electron chi connectivity index (χ1n) is 4.51. The lowest BCUT2D eigenvalue weighted by Gasteiger charge is -2.10. The van der Waals surface area contributed by atoms with Crippen molar-refractivity contribution in [2.75, 3.05) is 20.6 Å². The van der Waals surface area contributed by atoms with Crippen molar-refractivity contribution in [3.05, 3.63) is 17.7 Å². The molecule has 0 atom stereocenters. The molecule has 14 heavy (non-hydrogen) atoms. The first kappa shape index (κ1) is 10.7. The van der Waals surface area contributed by atoms with Crippen molar-refractivity contribution in [2.24, 2.45) is 0 Å². The molecule has 0 spiro atoms. The number of aryl methyl sites for hydroxylation is 1. The molecule has 0 aliphatic carbocycles. The highest BCUT2D eigenvalue weighted by atomic mass is 16.2. The van der Waals surface area contributed by atoms with Crippen LogP contribution in [0.15, 0.2) is 6.20 Å². The van der Waals surface area contributed by atoms with Crippen molar-refractivity contribution >= 4 is 5.91 Å². The van der Waals surface area contributed by atoms with Crippen LogP contribution in [0.25, 0.3) is 0 Å². The molecule has 1 aromatic rings. The van der Waals surface area contributed by atoms with Gasteiger partial charge in [0.05, 0.1) is 6.54 Å². The van der Waals surface area contributed by atoms with Crippen molar-refractivity contribution in [2.45, 2.75) is 13.5 Å². The molecule has 0 saturated heterocycles. The Bertz CT molecular complexity index is 306. The molecule has 0 saturated carbocycles. The number of imidazole rings is 1. The third kappa shape index (κ3) is 3.18. The van der Waals surface area contributed by atoms with Crippen molar-refractivity contribution < 1.29 is 4.79 Å². The lowest BCUT2D eigenvalue weighted by atomic mass is 10.4. The van der Waals surface area contributed by atoms with Gasteiger partial charge in [-0.15, -0.1) is 0 Å². The topological polar surface area (TPSA) is 61.0 Å². The Morgan fingerprint density at radius 1 is 1.64 bits per heavy atom. The van der Waals surface area contributed by atoms with E-state index < -0.39 is 0 Å². The van der Waals surface area contributed by atoms with Gasteiger partial charge < -0.3 is 15.2 Å². The minimum Gasteiger partial charge on any atom is -0.348 e. The molecule has 0 aromatic carbocycles. The Morgan fingerprint density at radius 2 is 2.36 bits per heavy atom. The summed E-state index contributed by atoms with van der Waals surface area (Å²) in [5.41, 5.74) is 0.994. The molecule has 5 heteroatoms. The van der Waals surface area contributed by atoms with Crippen LogP contribution < -0.4 is 5.32 Å². The standard InChI is InChI=1S/C9H16N4O/c1-7-11-5-8(12-7)4-10-6-9(14)13(2)3/h5,10H,4,6H2,1-3H3,(H,11,12). The molecule has 0 aliphatic heterocycles. The zero-order valence-corrected chi connectivity index (χ0v) is 8.79. The largest absolute Gasteiger partial charge is 0.348 e. The predicted octanol–water partition coefficient (Wildman–Crippen LogP) is -0.104. The summed E-state index contributed by atoms with van der Waals surface area (Å²) in [4.78, 5) is 19.9. The molecular weight excluding hydrogens is 180 g/mol. The lowest BCUT2D eigenvalue weighted by Crippen LogP contribution is -2.32. The highest BCUT2D eigenvalue weighted by Crippen LogP contribution is 1.94. The van der Waals surface area contributed by atoms with Gasteiger partial charge >= 0.3 is 0 Å². The number of rotatable bonds is 4. The maximum absolute atomic E-state index is 11.2. The fourth-order valence-corrected chi connectivity index (χ4v) is 1.02. The van der Waals surface area contributed by atoms with Crippen LogP contribution in [0, 0.1) is 6.92 Å². The smallest absolute Gasteiger partial charge is 0.236 e. The van der Waals surface area contributed by atoms with Crippen LogP contribution in [0.2, 0.25) is 0 Å². The molecule has 1 heterocycles. The van der Waals surface area contributed by atoms with E-state index in [4.69, 9.17) is 0 Å². The molecule has 0 bridgehead atoms. The zero-order chi connectivity index (χ0) is 10.6. The maximum Gasteiger partial charge on any atom is 0.236 e. The van der Waals surface area contributed by atoms with E-state index in [0.29, 0.717) is 13.1 Å². The third-order valence-electron chi connectivity index (χ3n) is 1.85. The number of nitrogens with zero attached hydrogens (tertiary/aromatic N) is 2. The number of carbonyl (C=O) groups excluding carboxylic acids is 1. The van der Waals surface area contributed by atoms with Crippen LogP contribution in [0.1, 0.15) is 11.5 Å².